The van der Waals surface area contributed by atoms with Gasteiger partial charge in [-0.1, -0.05) is 6.42 Å². The summed E-state index contributed by atoms with van der Waals surface area (Å²) >= 11 is 0. The summed E-state index contributed by atoms with van der Waals surface area (Å²) in [5, 5.41) is 12.3. The second kappa shape index (κ2) is 11.1. The number of hydrogen-bond donors (Lipinski definition) is 1. The molecule has 0 radical (unpaired) electrons. The molecule has 1 aromatic rings. The normalized spacial score (nSPS) is 20.2. The van der Waals surface area contributed by atoms with E-state index in [9.17, 15) is 0 Å². The summed E-state index contributed by atoms with van der Waals surface area (Å²) in [5.41, 5.74) is 0. The second-order valence-corrected chi connectivity index (χ2v) is 7.18. The van der Waals surface area contributed by atoms with E-state index in [1.807, 2.05) is 7.05 Å². The van der Waals surface area contributed by atoms with Crippen LogP contribution in [-0.4, -0.2) is 66.0 Å². The van der Waals surface area contributed by atoms with Crippen LogP contribution in [-0.2, 0) is 24.1 Å². The minimum Gasteiger partial charge on any atom is -0.381 e. The fourth-order valence-corrected chi connectivity index (χ4v) is 3.76. The third-order valence-electron chi connectivity index (χ3n) is 5.18. The summed E-state index contributed by atoms with van der Waals surface area (Å²) in [6.07, 6.45) is 8.04. The summed E-state index contributed by atoms with van der Waals surface area (Å²) in [5.74, 6) is 3.90. The van der Waals surface area contributed by atoms with Crippen molar-refractivity contribution >= 4 is 29.9 Å². The molecule has 2 aliphatic rings. The van der Waals surface area contributed by atoms with Gasteiger partial charge in [0.2, 0.25) is 0 Å². The zero-order valence-corrected chi connectivity index (χ0v) is 18.4. The summed E-state index contributed by atoms with van der Waals surface area (Å²) in [4.78, 5) is 6.62. The highest BCUT2D eigenvalue weighted by molar-refractivity contribution is 14.0. The zero-order chi connectivity index (χ0) is 17.5. The standard InChI is InChI=1S/C18H32N6O.HI/c1-19-18(23(2)13-15-9-12-25-14-15)20-10-6-8-17-22-21-16-7-4-3-5-11-24(16)17;/h15H,3-14H2,1-2H3,(H,19,20);1H. The lowest BCUT2D eigenvalue weighted by Gasteiger charge is -2.24. The molecule has 7 nitrogen and oxygen atoms in total. The number of ether oxygens (including phenoxy) is 1. The number of nitrogens with one attached hydrogen (secondary N) is 1. The summed E-state index contributed by atoms with van der Waals surface area (Å²) < 4.78 is 7.80. The predicted octanol–water partition coefficient (Wildman–Crippen LogP) is 2.10. The minimum absolute atomic E-state index is 0. The largest absolute Gasteiger partial charge is 0.381 e. The lowest BCUT2D eigenvalue weighted by atomic mass is 10.1. The molecule has 0 aromatic carbocycles. The van der Waals surface area contributed by atoms with Crippen LogP contribution in [0.25, 0.3) is 0 Å². The van der Waals surface area contributed by atoms with Gasteiger partial charge in [0.15, 0.2) is 5.96 Å². The van der Waals surface area contributed by atoms with Crippen molar-refractivity contribution in [1.82, 2.24) is 25.0 Å². The maximum atomic E-state index is 5.46. The monoisotopic (exact) mass is 476 g/mol. The topological polar surface area (TPSA) is 67.6 Å². The van der Waals surface area contributed by atoms with Crippen molar-refractivity contribution in [2.75, 3.05) is 40.4 Å². The van der Waals surface area contributed by atoms with Gasteiger partial charge >= 0.3 is 0 Å². The van der Waals surface area contributed by atoms with Crippen LogP contribution in [0.5, 0.6) is 0 Å². The molecule has 8 heteroatoms. The quantitative estimate of drug-likeness (QED) is 0.295. The van der Waals surface area contributed by atoms with Crippen LogP contribution in [0.3, 0.4) is 0 Å². The van der Waals surface area contributed by atoms with E-state index in [1.165, 1.54) is 25.1 Å². The molecular weight excluding hydrogens is 443 g/mol. The fourth-order valence-electron chi connectivity index (χ4n) is 3.76. The molecule has 1 unspecified atom stereocenters. The van der Waals surface area contributed by atoms with E-state index in [0.717, 1.165) is 70.3 Å². The summed E-state index contributed by atoms with van der Waals surface area (Å²) in [7, 11) is 3.95. The van der Waals surface area contributed by atoms with Crippen LogP contribution in [0.2, 0.25) is 0 Å². The Labute approximate surface area is 174 Å². The van der Waals surface area contributed by atoms with Crippen LogP contribution in [0.15, 0.2) is 4.99 Å². The van der Waals surface area contributed by atoms with Gasteiger partial charge in [-0.15, -0.1) is 34.2 Å². The van der Waals surface area contributed by atoms with Crippen molar-refractivity contribution in [3.8, 4) is 0 Å². The molecule has 0 spiro atoms. The van der Waals surface area contributed by atoms with E-state index in [0.29, 0.717) is 5.92 Å². The Morgan fingerprint density at radius 1 is 1.35 bits per heavy atom. The number of halogens is 1. The molecule has 0 aliphatic carbocycles. The highest BCUT2D eigenvalue weighted by Gasteiger charge is 2.19. The zero-order valence-electron chi connectivity index (χ0n) is 16.1. The van der Waals surface area contributed by atoms with Gasteiger partial charge in [-0.2, -0.15) is 0 Å². The highest BCUT2D eigenvalue weighted by Crippen LogP contribution is 2.15. The van der Waals surface area contributed by atoms with Gasteiger partial charge in [-0.25, -0.2) is 0 Å². The number of guanidine groups is 1. The fraction of sp³-hybridized carbons (Fsp3) is 0.833. The van der Waals surface area contributed by atoms with E-state index in [2.05, 4.69) is 37.0 Å². The van der Waals surface area contributed by atoms with E-state index in [1.54, 1.807) is 0 Å². The van der Waals surface area contributed by atoms with Gasteiger partial charge in [0.1, 0.15) is 11.6 Å². The molecule has 148 valence electrons. The molecule has 1 atom stereocenters. The number of aliphatic imine (C=N–C) groups is 1. The molecule has 1 aromatic heterocycles. The molecule has 26 heavy (non-hydrogen) atoms. The average molecular weight is 476 g/mol. The maximum Gasteiger partial charge on any atom is 0.193 e. The van der Waals surface area contributed by atoms with E-state index in [4.69, 9.17) is 4.74 Å². The van der Waals surface area contributed by atoms with Gasteiger partial charge in [-0.3, -0.25) is 4.99 Å². The molecule has 0 amide bonds. The van der Waals surface area contributed by atoms with Crippen molar-refractivity contribution in [2.24, 2.45) is 10.9 Å². The number of nitrogens with zero attached hydrogens (tertiary/aromatic N) is 5. The maximum absolute atomic E-state index is 5.46. The van der Waals surface area contributed by atoms with E-state index < -0.39 is 0 Å². The van der Waals surface area contributed by atoms with Gasteiger partial charge in [-0.05, 0) is 25.7 Å². The van der Waals surface area contributed by atoms with E-state index >= 15 is 0 Å². The van der Waals surface area contributed by atoms with Gasteiger partial charge in [0.25, 0.3) is 0 Å². The summed E-state index contributed by atoms with van der Waals surface area (Å²) in [6.45, 7) is 4.75. The highest BCUT2D eigenvalue weighted by atomic mass is 127. The Bertz CT molecular complexity index is 570. The van der Waals surface area contributed by atoms with Crippen molar-refractivity contribution in [2.45, 2.75) is 51.5 Å². The number of aryl methyl sites for hydroxylation is 2. The Hall–Kier alpha value is -0.900. The predicted molar refractivity (Wildman–Crippen MR) is 114 cm³/mol. The van der Waals surface area contributed by atoms with Crippen LogP contribution >= 0.6 is 24.0 Å². The molecule has 1 saturated heterocycles. The Balaban J connectivity index is 0.00000243. The number of aromatic nitrogens is 3. The lowest BCUT2D eigenvalue weighted by Crippen LogP contribution is -2.41. The van der Waals surface area contributed by atoms with E-state index in [-0.39, 0.29) is 24.0 Å². The van der Waals surface area contributed by atoms with Crippen LogP contribution in [0, 0.1) is 5.92 Å². The smallest absolute Gasteiger partial charge is 0.193 e. The minimum atomic E-state index is 0. The molecule has 0 bridgehead atoms. The molecule has 3 heterocycles. The summed E-state index contributed by atoms with van der Waals surface area (Å²) in [6, 6.07) is 0. The second-order valence-electron chi connectivity index (χ2n) is 7.18. The van der Waals surface area contributed by atoms with Crippen LogP contribution in [0.1, 0.15) is 43.8 Å². The molecular formula is C18H33IN6O. The third-order valence-corrected chi connectivity index (χ3v) is 5.18. The number of rotatable bonds is 6. The Morgan fingerprint density at radius 3 is 3.00 bits per heavy atom. The molecule has 1 fully saturated rings. The van der Waals surface area contributed by atoms with Crippen molar-refractivity contribution in [3.63, 3.8) is 0 Å². The number of hydrogen-bond acceptors (Lipinski definition) is 4. The molecule has 2 aliphatic heterocycles. The first kappa shape index (κ1) is 21.4. The first-order valence-corrected chi connectivity index (χ1v) is 9.68. The lowest BCUT2D eigenvalue weighted by molar-refractivity contribution is 0.181. The van der Waals surface area contributed by atoms with Crippen molar-refractivity contribution < 1.29 is 4.74 Å². The first-order chi connectivity index (χ1) is 12.3. The number of fused-ring (bicyclic) bond motifs is 1. The third kappa shape index (κ3) is 5.80. The SMILES string of the molecule is CN=C(NCCCc1nnc2n1CCCCC2)N(C)CC1CCOC1.I. The van der Waals surface area contributed by atoms with Gasteiger partial charge in [0, 0.05) is 59.1 Å². The van der Waals surface area contributed by atoms with Crippen LogP contribution in [0.4, 0.5) is 0 Å². The first-order valence-electron chi connectivity index (χ1n) is 9.68. The van der Waals surface area contributed by atoms with Gasteiger partial charge < -0.3 is 19.5 Å². The van der Waals surface area contributed by atoms with Gasteiger partial charge in [0.05, 0.1) is 6.61 Å². The molecule has 3 rings (SSSR count). The van der Waals surface area contributed by atoms with Crippen molar-refractivity contribution in [3.05, 3.63) is 11.6 Å². The average Bonchev–Trinajstić information content (AvgIpc) is 3.19. The van der Waals surface area contributed by atoms with Crippen molar-refractivity contribution in [1.29, 1.82) is 0 Å². The Morgan fingerprint density at radius 2 is 2.23 bits per heavy atom. The Kier molecular flexibility index (Phi) is 9.10. The molecule has 0 saturated carbocycles. The molecule has 1 N–H and O–H groups in total. The van der Waals surface area contributed by atoms with Crippen LogP contribution < -0.4 is 5.32 Å².